The van der Waals surface area contributed by atoms with Crippen LogP contribution in [0.4, 0.5) is 0 Å². The molecule has 25 nitrogen and oxygen atoms in total. The van der Waals surface area contributed by atoms with E-state index in [0.717, 1.165) is 0 Å². The first kappa shape index (κ1) is 72.7. The Hall–Kier alpha value is -6.40. The summed E-state index contributed by atoms with van der Waals surface area (Å²) in [5, 5.41) is 34.4. The van der Waals surface area contributed by atoms with Crippen LogP contribution in [0, 0.1) is 29.6 Å². The zero-order valence-corrected chi connectivity index (χ0v) is 52.5. The molecule has 2 rings (SSSR count). The molecule has 2 aliphatic rings. The van der Waals surface area contributed by atoms with Gasteiger partial charge in [0.05, 0.1) is 12.6 Å². The van der Waals surface area contributed by atoms with Crippen molar-refractivity contribution in [2.75, 3.05) is 19.7 Å². The van der Waals surface area contributed by atoms with Gasteiger partial charge in [-0.25, -0.2) is 0 Å². The third kappa shape index (κ3) is 21.9. The molecular weight excluding hydrogens is 1070 g/mol. The standard InChI is InChI=1S/C58H102N12O13/c1-18-58(17,66-36(12)72)53(81)63-38(23-24-43(59)73)46(74)64-44(34(8)9)51(79)65-45(35(10)11)52(80)68-57(15,16)55(83)70-26-20-22-42(70)50(78)62-39(28-32(4)5)47(75)61-40(29-33(6)7)48(76)67-56(13,14)54(82)69-25-19-21-41(69)49(77)60-37(30-71)27-31(2)3/h31-35,37-42,44-45,71H,18-30H2,1-17H3,(H2,59,73)(H,60,77)(H,61,75)(H,62,78)(H,63,81)(H,64,74)(H,65,79)(H,66,72)(H,67,76)(H,68,80)/t37-,38-,39-,40-,41-,42+,44-,45-,58+/m0/s1. The Kier molecular flexibility index (Phi) is 28.1. The molecule has 25 heteroatoms. The largest absolute Gasteiger partial charge is 0.394 e. The smallest absolute Gasteiger partial charge is 0.248 e. The number of primary amides is 1. The van der Waals surface area contributed by atoms with Crippen molar-refractivity contribution in [3.63, 3.8) is 0 Å². The van der Waals surface area contributed by atoms with Crippen LogP contribution < -0.4 is 53.6 Å². The Morgan fingerprint density at radius 1 is 0.530 bits per heavy atom. The van der Waals surface area contributed by atoms with Crippen LogP contribution in [0.15, 0.2) is 0 Å². The van der Waals surface area contributed by atoms with Crippen molar-refractivity contribution in [1.82, 2.24) is 57.7 Å². The Balaban J connectivity index is 2.28. The zero-order chi connectivity index (χ0) is 63.6. The fraction of sp³-hybridized carbons (Fsp3) is 0.793. The van der Waals surface area contributed by atoms with Gasteiger partial charge in [-0.2, -0.15) is 0 Å². The minimum atomic E-state index is -1.65. The number of aliphatic hydroxyl groups is 1. The third-order valence-electron chi connectivity index (χ3n) is 15.0. The molecule has 9 atom stereocenters. The van der Waals surface area contributed by atoms with Crippen LogP contribution in [0.5, 0.6) is 0 Å². The van der Waals surface area contributed by atoms with E-state index in [4.69, 9.17) is 5.73 Å². The van der Waals surface area contributed by atoms with Gasteiger partial charge >= 0.3 is 0 Å². The average Bonchev–Trinajstić information content (AvgIpc) is 4.23. The van der Waals surface area contributed by atoms with Crippen molar-refractivity contribution in [3.05, 3.63) is 0 Å². The maximum Gasteiger partial charge on any atom is 0.248 e. The summed E-state index contributed by atoms with van der Waals surface area (Å²) in [6.07, 6.45) is 2.11. The van der Waals surface area contributed by atoms with E-state index in [0.29, 0.717) is 25.7 Å². The van der Waals surface area contributed by atoms with Crippen molar-refractivity contribution < 1.29 is 62.6 Å². The lowest BCUT2D eigenvalue weighted by molar-refractivity contribution is -0.146. The Morgan fingerprint density at radius 2 is 0.952 bits per heavy atom. The minimum absolute atomic E-state index is 0.109. The lowest BCUT2D eigenvalue weighted by atomic mass is 9.95. The molecular formula is C58H102N12O13. The van der Waals surface area contributed by atoms with Crippen LogP contribution >= 0.6 is 0 Å². The number of carbonyl (C=O) groups excluding carboxylic acids is 12. The van der Waals surface area contributed by atoms with Crippen LogP contribution in [-0.2, 0) is 57.5 Å². The van der Waals surface area contributed by atoms with Crippen LogP contribution in [0.3, 0.4) is 0 Å². The van der Waals surface area contributed by atoms with E-state index < -0.39 is 142 Å². The highest BCUT2D eigenvalue weighted by molar-refractivity contribution is 6.01. The molecule has 0 aromatic carbocycles. The Bertz CT molecular complexity index is 2320. The van der Waals surface area contributed by atoms with Crippen molar-refractivity contribution in [2.45, 2.75) is 247 Å². The second kappa shape index (κ2) is 32.0. The summed E-state index contributed by atoms with van der Waals surface area (Å²) < 4.78 is 0. The summed E-state index contributed by atoms with van der Waals surface area (Å²) in [7, 11) is 0. The molecule has 2 saturated heterocycles. The first-order valence-electron chi connectivity index (χ1n) is 29.6. The summed E-state index contributed by atoms with van der Waals surface area (Å²) in [4.78, 5) is 167. The van der Waals surface area contributed by atoms with Gasteiger partial charge in [0.2, 0.25) is 70.9 Å². The minimum Gasteiger partial charge on any atom is -0.394 e. The second-order valence-corrected chi connectivity index (χ2v) is 25.8. The number of rotatable bonds is 32. The quantitative estimate of drug-likeness (QED) is 0.0442. The maximum atomic E-state index is 14.5. The van der Waals surface area contributed by atoms with Gasteiger partial charge in [-0.3, -0.25) is 57.5 Å². The number of hydrogen-bond acceptors (Lipinski definition) is 13. The van der Waals surface area contributed by atoms with E-state index in [2.05, 4.69) is 47.9 Å². The number of carbonyl (C=O) groups is 12. The summed E-state index contributed by atoms with van der Waals surface area (Å²) in [5.41, 5.74) is 0.801. The SMILES string of the molecule is CC[C@@](C)(NC(C)=O)C(=O)N[C@@H](CCC(N)=O)C(=O)N[C@H](C(=O)N[C@H](C(=O)NC(C)(C)C(=O)N1CCC[C@@H]1C(=O)N[C@@H](CC(C)C)C(=O)N[C@@H](CC(C)C)C(=O)NC(C)(C)C(=O)N1CCC[C@H]1C(=O)N[C@H](CO)CC(C)C)C(C)C)C(C)C. The fourth-order valence-electron chi connectivity index (χ4n) is 10.3. The molecule has 12 amide bonds. The molecule has 0 aliphatic carbocycles. The van der Waals surface area contributed by atoms with Gasteiger partial charge in [0.25, 0.3) is 0 Å². The van der Waals surface area contributed by atoms with Gasteiger partial charge in [0, 0.05) is 26.4 Å². The highest BCUT2D eigenvalue weighted by atomic mass is 16.3. The van der Waals surface area contributed by atoms with E-state index in [1.165, 1.54) is 51.3 Å². The van der Waals surface area contributed by atoms with Crippen molar-refractivity contribution in [3.8, 4) is 0 Å². The van der Waals surface area contributed by atoms with Crippen molar-refractivity contribution in [2.24, 2.45) is 35.3 Å². The molecule has 12 N–H and O–H groups in total. The second-order valence-electron chi connectivity index (χ2n) is 25.8. The molecule has 0 radical (unpaired) electrons. The van der Waals surface area contributed by atoms with Gasteiger partial charge in [-0.15, -0.1) is 0 Å². The topological polar surface area (TPSA) is 366 Å². The van der Waals surface area contributed by atoms with Crippen molar-refractivity contribution >= 4 is 70.9 Å². The highest BCUT2D eigenvalue weighted by Crippen LogP contribution is 2.25. The maximum absolute atomic E-state index is 14.5. The lowest BCUT2D eigenvalue weighted by Gasteiger charge is -2.36. The number of aliphatic hydroxyl groups excluding tert-OH is 1. The molecule has 472 valence electrons. The highest BCUT2D eigenvalue weighted by Gasteiger charge is 2.46. The summed E-state index contributed by atoms with van der Waals surface area (Å²) in [5.74, 6) is -8.89. The molecule has 0 unspecified atom stereocenters. The monoisotopic (exact) mass is 1170 g/mol. The molecule has 83 heavy (non-hydrogen) atoms. The van der Waals surface area contributed by atoms with E-state index in [-0.39, 0.29) is 81.9 Å². The van der Waals surface area contributed by atoms with E-state index in [9.17, 15) is 62.6 Å². The zero-order valence-electron chi connectivity index (χ0n) is 52.5. The summed E-state index contributed by atoms with van der Waals surface area (Å²) >= 11 is 0. The average molecular weight is 1180 g/mol. The normalized spacial score (nSPS) is 18.5. The molecule has 0 saturated carbocycles. The van der Waals surface area contributed by atoms with Crippen molar-refractivity contribution in [1.29, 1.82) is 0 Å². The molecule has 2 fully saturated rings. The predicted octanol–water partition coefficient (Wildman–Crippen LogP) is 0.680. The number of hydrogen-bond donors (Lipinski definition) is 11. The van der Waals surface area contributed by atoms with E-state index in [1.54, 1.807) is 34.6 Å². The molecule has 0 aromatic heterocycles. The van der Waals surface area contributed by atoms with E-state index >= 15 is 0 Å². The van der Waals surface area contributed by atoms with Crippen LogP contribution in [0.2, 0.25) is 0 Å². The van der Waals surface area contributed by atoms with Crippen LogP contribution in [0.25, 0.3) is 0 Å². The lowest BCUT2D eigenvalue weighted by Crippen LogP contribution is -2.64. The third-order valence-corrected chi connectivity index (χ3v) is 15.0. The number of nitrogens with zero attached hydrogens (tertiary/aromatic N) is 2. The Labute approximate surface area is 491 Å². The number of nitrogens with two attached hydrogens (primary N) is 1. The van der Waals surface area contributed by atoms with E-state index in [1.807, 2.05) is 41.5 Å². The van der Waals surface area contributed by atoms with Gasteiger partial charge in [-0.1, -0.05) is 76.2 Å². The summed E-state index contributed by atoms with van der Waals surface area (Å²) in [6.45, 7) is 28.5. The van der Waals surface area contributed by atoms with Gasteiger partial charge in [-0.05, 0) is 122 Å². The number of amides is 12. The first-order chi connectivity index (χ1) is 38.3. The summed E-state index contributed by atoms with van der Waals surface area (Å²) in [6, 6.07) is -8.52. The fourth-order valence-corrected chi connectivity index (χ4v) is 10.3. The number of likely N-dealkylation sites (tertiary alicyclic amines) is 2. The number of nitrogens with one attached hydrogen (secondary N) is 9. The predicted molar refractivity (Wildman–Crippen MR) is 312 cm³/mol. The molecule has 2 aliphatic heterocycles. The van der Waals surface area contributed by atoms with Crippen LogP contribution in [0.1, 0.15) is 182 Å². The molecule has 0 bridgehead atoms. The Morgan fingerprint density at radius 3 is 1.37 bits per heavy atom. The molecule has 2 heterocycles. The molecule has 0 spiro atoms. The van der Waals surface area contributed by atoms with Gasteiger partial charge in [0.15, 0.2) is 0 Å². The van der Waals surface area contributed by atoms with Gasteiger partial charge < -0.3 is 68.5 Å². The first-order valence-corrected chi connectivity index (χ1v) is 29.6. The van der Waals surface area contributed by atoms with Crippen LogP contribution in [-0.4, -0.2) is 170 Å². The van der Waals surface area contributed by atoms with Gasteiger partial charge in [0.1, 0.15) is 58.9 Å². The molecule has 0 aromatic rings.